The number of hydrogen-bond acceptors (Lipinski definition) is 4. The van der Waals surface area contributed by atoms with Gasteiger partial charge in [-0.3, -0.25) is 10.8 Å². The van der Waals surface area contributed by atoms with Crippen molar-refractivity contribution in [3.05, 3.63) is 59.7 Å². The van der Waals surface area contributed by atoms with E-state index in [1.165, 1.54) is 0 Å². The SMILES string of the molecule is N=C(N)c1cccc(OCCCCCCCOc2cccc(C(=N)N)c2)c1. The third-order valence-electron chi connectivity index (χ3n) is 4.12. The molecule has 0 radical (unpaired) electrons. The maximum atomic E-state index is 7.44. The number of nitrogens with one attached hydrogen (secondary N) is 2. The van der Waals surface area contributed by atoms with Gasteiger partial charge in [-0.2, -0.15) is 0 Å². The minimum atomic E-state index is 0.0516. The molecule has 0 saturated heterocycles. The van der Waals surface area contributed by atoms with E-state index < -0.39 is 0 Å². The highest BCUT2D eigenvalue weighted by Crippen LogP contribution is 2.15. The third-order valence-corrected chi connectivity index (χ3v) is 4.12. The molecule has 6 nitrogen and oxygen atoms in total. The fraction of sp³-hybridized carbons (Fsp3) is 0.333. The van der Waals surface area contributed by atoms with Gasteiger partial charge in [0.05, 0.1) is 13.2 Å². The van der Waals surface area contributed by atoms with Crippen molar-refractivity contribution in [2.24, 2.45) is 11.5 Å². The van der Waals surface area contributed by atoms with Crippen LogP contribution >= 0.6 is 0 Å². The standard InChI is InChI=1S/C21H28N4O2/c22-20(23)16-8-6-10-18(14-16)26-12-4-2-1-3-5-13-27-19-11-7-9-17(15-19)21(24)25/h6-11,14-15H,1-5,12-13H2,(H3,22,23)(H3,24,25). The topological polar surface area (TPSA) is 118 Å². The normalized spacial score (nSPS) is 10.4. The minimum absolute atomic E-state index is 0.0516. The van der Waals surface area contributed by atoms with E-state index >= 15 is 0 Å². The van der Waals surface area contributed by atoms with Crippen molar-refractivity contribution < 1.29 is 9.47 Å². The Balaban J connectivity index is 1.53. The summed E-state index contributed by atoms with van der Waals surface area (Å²) in [6, 6.07) is 14.6. The van der Waals surface area contributed by atoms with Crippen LogP contribution in [0.5, 0.6) is 11.5 Å². The number of hydrogen-bond donors (Lipinski definition) is 4. The first-order valence-corrected chi connectivity index (χ1v) is 9.21. The van der Waals surface area contributed by atoms with E-state index in [0.717, 1.165) is 43.6 Å². The molecule has 0 unspecified atom stereocenters. The predicted octanol–water partition coefficient (Wildman–Crippen LogP) is 3.66. The van der Waals surface area contributed by atoms with E-state index in [1.807, 2.05) is 24.3 Å². The maximum Gasteiger partial charge on any atom is 0.122 e. The van der Waals surface area contributed by atoms with Crippen molar-refractivity contribution in [3.8, 4) is 11.5 Å². The highest BCUT2D eigenvalue weighted by molar-refractivity contribution is 5.95. The number of ether oxygens (including phenoxy) is 2. The Labute approximate surface area is 160 Å². The largest absolute Gasteiger partial charge is 0.494 e. The predicted molar refractivity (Wildman–Crippen MR) is 109 cm³/mol. The van der Waals surface area contributed by atoms with Crippen LogP contribution in [0.1, 0.15) is 43.2 Å². The van der Waals surface area contributed by atoms with Crippen molar-refractivity contribution in [2.75, 3.05) is 13.2 Å². The molecule has 0 amide bonds. The van der Waals surface area contributed by atoms with Gasteiger partial charge in [0.1, 0.15) is 23.2 Å². The number of nitrogen functional groups attached to an aromatic ring is 2. The van der Waals surface area contributed by atoms with Crippen LogP contribution in [0.3, 0.4) is 0 Å². The molecule has 0 atom stereocenters. The molecule has 27 heavy (non-hydrogen) atoms. The van der Waals surface area contributed by atoms with Crippen LogP contribution in [-0.4, -0.2) is 24.9 Å². The van der Waals surface area contributed by atoms with Crippen LogP contribution in [0.4, 0.5) is 0 Å². The van der Waals surface area contributed by atoms with Crippen LogP contribution < -0.4 is 20.9 Å². The summed E-state index contributed by atoms with van der Waals surface area (Å²) in [5.41, 5.74) is 12.3. The molecule has 0 heterocycles. The van der Waals surface area contributed by atoms with Crippen molar-refractivity contribution >= 4 is 11.7 Å². The average molecular weight is 368 g/mol. The van der Waals surface area contributed by atoms with Crippen LogP contribution in [0, 0.1) is 10.8 Å². The van der Waals surface area contributed by atoms with Crippen molar-refractivity contribution in [1.82, 2.24) is 0 Å². The fourth-order valence-corrected chi connectivity index (χ4v) is 2.62. The van der Waals surface area contributed by atoms with Gasteiger partial charge in [0.2, 0.25) is 0 Å². The lowest BCUT2D eigenvalue weighted by molar-refractivity contribution is 0.293. The Morgan fingerprint density at radius 2 is 1.07 bits per heavy atom. The summed E-state index contributed by atoms with van der Waals surface area (Å²) in [4.78, 5) is 0. The van der Waals surface area contributed by atoms with Crippen molar-refractivity contribution in [3.63, 3.8) is 0 Å². The van der Waals surface area contributed by atoms with Crippen LogP contribution in [-0.2, 0) is 0 Å². The summed E-state index contributed by atoms with van der Waals surface area (Å²) in [5, 5.41) is 14.9. The second-order valence-electron chi connectivity index (χ2n) is 6.35. The van der Waals surface area contributed by atoms with Gasteiger partial charge in [-0.05, 0) is 37.1 Å². The van der Waals surface area contributed by atoms with Gasteiger partial charge in [-0.15, -0.1) is 0 Å². The van der Waals surface area contributed by atoms with Crippen LogP contribution in [0.25, 0.3) is 0 Å². The Hall–Kier alpha value is -3.02. The quantitative estimate of drug-likeness (QED) is 0.260. The van der Waals surface area contributed by atoms with E-state index in [9.17, 15) is 0 Å². The number of rotatable bonds is 12. The monoisotopic (exact) mass is 368 g/mol. The molecule has 6 heteroatoms. The number of nitrogens with two attached hydrogens (primary N) is 2. The highest BCUT2D eigenvalue weighted by atomic mass is 16.5. The minimum Gasteiger partial charge on any atom is -0.494 e. The van der Waals surface area contributed by atoms with E-state index in [1.54, 1.807) is 24.3 Å². The summed E-state index contributed by atoms with van der Waals surface area (Å²) >= 11 is 0. The van der Waals surface area contributed by atoms with Crippen molar-refractivity contribution in [2.45, 2.75) is 32.1 Å². The molecule has 0 aliphatic rings. The molecule has 0 spiro atoms. The lowest BCUT2D eigenvalue weighted by atomic mass is 10.1. The molecule has 2 rings (SSSR count). The number of benzene rings is 2. The van der Waals surface area contributed by atoms with Crippen LogP contribution in [0.15, 0.2) is 48.5 Å². The van der Waals surface area contributed by atoms with Gasteiger partial charge < -0.3 is 20.9 Å². The molecular weight excluding hydrogens is 340 g/mol. The Morgan fingerprint density at radius 3 is 1.48 bits per heavy atom. The van der Waals surface area contributed by atoms with E-state index in [0.29, 0.717) is 24.3 Å². The Bertz CT molecular complexity index is 698. The van der Waals surface area contributed by atoms with Gasteiger partial charge in [0.15, 0.2) is 0 Å². The van der Waals surface area contributed by atoms with E-state index in [-0.39, 0.29) is 11.7 Å². The molecule has 0 aliphatic carbocycles. The van der Waals surface area contributed by atoms with Gasteiger partial charge in [0.25, 0.3) is 0 Å². The Morgan fingerprint density at radius 1 is 0.667 bits per heavy atom. The maximum absolute atomic E-state index is 7.44. The number of amidine groups is 2. The zero-order chi connectivity index (χ0) is 19.5. The first-order chi connectivity index (χ1) is 13.1. The second kappa shape index (κ2) is 10.9. The van der Waals surface area contributed by atoms with Gasteiger partial charge >= 0.3 is 0 Å². The lowest BCUT2D eigenvalue weighted by Gasteiger charge is -2.08. The molecule has 0 aromatic heterocycles. The molecule has 0 aliphatic heterocycles. The third kappa shape index (κ3) is 7.40. The smallest absolute Gasteiger partial charge is 0.122 e. The van der Waals surface area contributed by atoms with E-state index in [4.69, 9.17) is 31.8 Å². The van der Waals surface area contributed by atoms with Gasteiger partial charge in [-0.1, -0.05) is 43.5 Å². The molecule has 6 N–H and O–H groups in total. The molecular formula is C21H28N4O2. The van der Waals surface area contributed by atoms with E-state index in [2.05, 4.69) is 0 Å². The molecule has 2 aromatic carbocycles. The summed E-state index contributed by atoms with van der Waals surface area (Å²) in [6.45, 7) is 1.32. The molecule has 0 bridgehead atoms. The van der Waals surface area contributed by atoms with Gasteiger partial charge in [-0.25, -0.2) is 0 Å². The van der Waals surface area contributed by atoms with Gasteiger partial charge in [0, 0.05) is 11.1 Å². The zero-order valence-corrected chi connectivity index (χ0v) is 15.5. The molecule has 0 fully saturated rings. The molecule has 2 aromatic rings. The van der Waals surface area contributed by atoms with Crippen molar-refractivity contribution in [1.29, 1.82) is 10.8 Å². The molecule has 0 saturated carbocycles. The van der Waals surface area contributed by atoms with Crippen LogP contribution in [0.2, 0.25) is 0 Å². The summed E-state index contributed by atoms with van der Waals surface area (Å²) in [5.74, 6) is 1.61. The summed E-state index contributed by atoms with van der Waals surface area (Å²) in [7, 11) is 0. The Kier molecular flexibility index (Phi) is 8.16. The summed E-state index contributed by atoms with van der Waals surface area (Å²) < 4.78 is 11.4. The summed E-state index contributed by atoms with van der Waals surface area (Å²) in [6.07, 6.45) is 5.32. The average Bonchev–Trinajstić information content (AvgIpc) is 2.67. The number of unbranched alkanes of at least 4 members (excludes halogenated alkanes) is 4. The second-order valence-corrected chi connectivity index (χ2v) is 6.35. The fourth-order valence-electron chi connectivity index (χ4n) is 2.62. The highest BCUT2D eigenvalue weighted by Gasteiger charge is 2.01. The molecule has 144 valence electrons. The lowest BCUT2D eigenvalue weighted by Crippen LogP contribution is -2.11. The first kappa shape index (κ1) is 20.3. The first-order valence-electron chi connectivity index (χ1n) is 9.21. The zero-order valence-electron chi connectivity index (χ0n) is 15.5.